The number of rotatable bonds is 18. The van der Waals surface area contributed by atoms with Crippen molar-refractivity contribution in [3.8, 4) is 11.1 Å². The average molecular weight is 752 g/mol. The highest BCUT2D eigenvalue weighted by Crippen LogP contribution is 2.25. The van der Waals surface area contributed by atoms with Crippen molar-refractivity contribution in [2.75, 3.05) is 32.7 Å². The SMILES string of the molecule is CCCCNC(=O)C[C@H](O)[C@H](Cc1ccccc1)NC(=O)CC1CN(Cc2ccc(-c3ccccc3)cc2)CCN1C(=O)CC(CN)c1ccc(Cl)cc1. The molecule has 3 amide bonds. The number of carbonyl (C=O) groups excluding carboxylic acids is 3. The lowest BCUT2D eigenvalue weighted by atomic mass is 9.94. The molecule has 4 aromatic carbocycles. The molecule has 0 aromatic heterocycles. The minimum absolute atomic E-state index is 0.0458. The summed E-state index contributed by atoms with van der Waals surface area (Å²) in [6, 6.07) is 34.7. The van der Waals surface area contributed by atoms with Crippen LogP contribution in [0.25, 0.3) is 11.1 Å². The first kappa shape index (κ1) is 40.6. The second-order valence-corrected chi connectivity index (χ2v) is 14.7. The summed E-state index contributed by atoms with van der Waals surface area (Å²) in [7, 11) is 0. The minimum atomic E-state index is -1.10. The molecule has 0 aliphatic carbocycles. The molecule has 54 heavy (non-hydrogen) atoms. The third-order valence-electron chi connectivity index (χ3n) is 10.2. The van der Waals surface area contributed by atoms with Crippen LogP contribution >= 0.6 is 11.6 Å². The van der Waals surface area contributed by atoms with Gasteiger partial charge in [-0.25, -0.2) is 0 Å². The largest absolute Gasteiger partial charge is 0.390 e. The molecule has 10 heteroatoms. The van der Waals surface area contributed by atoms with Crippen molar-refractivity contribution >= 4 is 29.3 Å². The Morgan fingerprint density at radius 1 is 0.833 bits per heavy atom. The third kappa shape index (κ3) is 12.2. The lowest BCUT2D eigenvalue weighted by molar-refractivity contribution is -0.138. The Morgan fingerprint density at radius 2 is 1.50 bits per heavy atom. The molecule has 0 bridgehead atoms. The second-order valence-electron chi connectivity index (χ2n) is 14.3. The highest BCUT2D eigenvalue weighted by molar-refractivity contribution is 6.30. The van der Waals surface area contributed by atoms with Crippen molar-refractivity contribution in [2.24, 2.45) is 5.73 Å². The molecular formula is C44H54ClN5O4. The van der Waals surface area contributed by atoms with Gasteiger partial charge < -0.3 is 26.4 Å². The maximum atomic E-state index is 14.0. The fraction of sp³-hybridized carbons (Fsp3) is 0.386. The van der Waals surface area contributed by atoms with Gasteiger partial charge >= 0.3 is 0 Å². The zero-order valence-electron chi connectivity index (χ0n) is 31.2. The van der Waals surface area contributed by atoms with Gasteiger partial charge in [-0.05, 0) is 59.3 Å². The number of piperazine rings is 1. The van der Waals surface area contributed by atoms with Gasteiger partial charge in [-0.1, -0.05) is 122 Å². The lowest BCUT2D eigenvalue weighted by Crippen LogP contribution is -2.57. The summed E-state index contributed by atoms with van der Waals surface area (Å²) in [6.07, 6.45) is 1.18. The zero-order chi connectivity index (χ0) is 38.3. The summed E-state index contributed by atoms with van der Waals surface area (Å²) in [5.74, 6) is -0.796. The fourth-order valence-electron chi connectivity index (χ4n) is 7.10. The minimum Gasteiger partial charge on any atom is -0.390 e. The van der Waals surface area contributed by atoms with Crippen molar-refractivity contribution in [1.29, 1.82) is 0 Å². The first-order valence-corrected chi connectivity index (χ1v) is 19.5. The molecule has 1 fully saturated rings. The van der Waals surface area contributed by atoms with Gasteiger partial charge in [-0.3, -0.25) is 19.3 Å². The van der Waals surface area contributed by atoms with Gasteiger partial charge in [0.2, 0.25) is 17.7 Å². The van der Waals surface area contributed by atoms with E-state index >= 15 is 0 Å². The maximum Gasteiger partial charge on any atom is 0.223 e. The van der Waals surface area contributed by atoms with E-state index in [1.165, 1.54) is 0 Å². The molecule has 1 aliphatic heterocycles. The van der Waals surface area contributed by atoms with Crippen LogP contribution in [0.1, 0.15) is 61.6 Å². The molecular weight excluding hydrogens is 698 g/mol. The Bertz CT molecular complexity index is 1760. The van der Waals surface area contributed by atoms with E-state index in [1.807, 2.05) is 72.5 Å². The summed E-state index contributed by atoms with van der Waals surface area (Å²) < 4.78 is 0. The Hall–Kier alpha value is -4.54. The number of benzene rings is 4. The number of unbranched alkanes of at least 4 members (excludes halogenated alkanes) is 1. The van der Waals surface area contributed by atoms with Crippen LogP contribution in [-0.4, -0.2) is 83.5 Å². The molecule has 5 rings (SSSR count). The third-order valence-corrected chi connectivity index (χ3v) is 10.4. The van der Waals surface area contributed by atoms with E-state index in [-0.39, 0.29) is 42.9 Å². The molecule has 0 spiro atoms. The number of amides is 3. The number of aliphatic hydroxyl groups is 1. The van der Waals surface area contributed by atoms with Crippen molar-refractivity contribution < 1.29 is 19.5 Å². The Balaban J connectivity index is 1.31. The molecule has 1 aliphatic rings. The maximum absolute atomic E-state index is 14.0. The van der Waals surface area contributed by atoms with Crippen molar-refractivity contribution in [3.05, 3.63) is 131 Å². The molecule has 0 radical (unpaired) electrons. The van der Waals surface area contributed by atoms with Gasteiger partial charge in [0.15, 0.2) is 0 Å². The van der Waals surface area contributed by atoms with Crippen LogP contribution in [0.15, 0.2) is 109 Å². The summed E-state index contributed by atoms with van der Waals surface area (Å²) >= 11 is 6.13. The van der Waals surface area contributed by atoms with Gasteiger partial charge in [0.25, 0.3) is 0 Å². The van der Waals surface area contributed by atoms with E-state index in [0.717, 1.165) is 40.7 Å². The van der Waals surface area contributed by atoms with Gasteiger partial charge in [0, 0.05) is 56.5 Å². The van der Waals surface area contributed by atoms with Gasteiger partial charge in [0.1, 0.15) is 0 Å². The van der Waals surface area contributed by atoms with E-state index in [2.05, 4.69) is 51.9 Å². The Morgan fingerprint density at radius 3 is 2.17 bits per heavy atom. The molecule has 2 unspecified atom stereocenters. The number of hydrogen-bond acceptors (Lipinski definition) is 6. The fourth-order valence-corrected chi connectivity index (χ4v) is 7.22. The smallest absolute Gasteiger partial charge is 0.223 e. The molecule has 286 valence electrons. The van der Waals surface area contributed by atoms with Crippen molar-refractivity contribution in [2.45, 2.75) is 76.1 Å². The molecule has 0 saturated carbocycles. The van der Waals surface area contributed by atoms with Crippen LogP contribution in [0, 0.1) is 0 Å². The number of nitrogens with two attached hydrogens (primary N) is 1. The summed E-state index contributed by atoms with van der Waals surface area (Å²) in [6.45, 7) is 5.17. The lowest BCUT2D eigenvalue weighted by Gasteiger charge is -2.42. The average Bonchev–Trinajstić information content (AvgIpc) is 3.18. The number of nitrogens with one attached hydrogen (secondary N) is 2. The van der Waals surface area contributed by atoms with Crippen molar-refractivity contribution in [3.63, 3.8) is 0 Å². The van der Waals surface area contributed by atoms with Crippen LogP contribution in [0.3, 0.4) is 0 Å². The van der Waals surface area contributed by atoms with E-state index in [0.29, 0.717) is 50.7 Å². The number of halogens is 1. The van der Waals surface area contributed by atoms with E-state index in [1.54, 1.807) is 12.1 Å². The van der Waals surface area contributed by atoms with Gasteiger partial charge in [-0.2, -0.15) is 0 Å². The molecule has 1 heterocycles. The highest BCUT2D eigenvalue weighted by atomic mass is 35.5. The Labute approximate surface area is 324 Å². The summed E-state index contributed by atoms with van der Waals surface area (Å²) in [5, 5.41) is 17.8. The number of carbonyl (C=O) groups is 3. The predicted octanol–water partition coefficient (Wildman–Crippen LogP) is 5.94. The zero-order valence-corrected chi connectivity index (χ0v) is 32.0. The number of aliphatic hydroxyl groups excluding tert-OH is 1. The molecule has 5 N–H and O–H groups in total. The summed E-state index contributed by atoms with van der Waals surface area (Å²) in [5.41, 5.74) is 11.5. The van der Waals surface area contributed by atoms with Gasteiger partial charge in [0.05, 0.1) is 24.6 Å². The van der Waals surface area contributed by atoms with E-state index < -0.39 is 18.2 Å². The number of hydrogen-bond donors (Lipinski definition) is 4. The molecule has 1 saturated heterocycles. The highest BCUT2D eigenvalue weighted by Gasteiger charge is 2.34. The predicted molar refractivity (Wildman–Crippen MR) is 216 cm³/mol. The second kappa shape index (κ2) is 20.8. The number of nitrogens with zero attached hydrogens (tertiary/aromatic N) is 2. The van der Waals surface area contributed by atoms with E-state index in [4.69, 9.17) is 17.3 Å². The van der Waals surface area contributed by atoms with Crippen LogP contribution < -0.4 is 16.4 Å². The Kier molecular flexibility index (Phi) is 15.6. The normalized spacial score (nSPS) is 16.3. The van der Waals surface area contributed by atoms with Crippen LogP contribution in [0.5, 0.6) is 0 Å². The molecule has 9 nitrogen and oxygen atoms in total. The molecule has 4 atom stereocenters. The van der Waals surface area contributed by atoms with Crippen LogP contribution in [0.2, 0.25) is 5.02 Å². The van der Waals surface area contributed by atoms with E-state index in [9.17, 15) is 19.5 Å². The topological polar surface area (TPSA) is 128 Å². The van der Waals surface area contributed by atoms with Crippen LogP contribution in [-0.2, 0) is 27.3 Å². The standard InChI is InChI=1S/C44H54ClN5O4/c1-2-3-22-47-42(52)28-41(51)40(25-32-10-6-4-7-11-32)48-43(53)27-39-31-49(30-33-14-16-35(17-15-33)34-12-8-5-9-13-34)23-24-50(39)44(54)26-37(29-46)36-18-20-38(45)21-19-36/h4-21,37,39-41,51H,2-3,22-31,46H2,1H3,(H,47,52)(H,48,53)/t37?,39?,40-,41-/m0/s1. The monoisotopic (exact) mass is 751 g/mol. The first-order valence-electron chi connectivity index (χ1n) is 19.1. The van der Waals surface area contributed by atoms with Crippen LogP contribution in [0.4, 0.5) is 0 Å². The van der Waals surface area contributed by atoms with Crippen molar-refractivity contribution in [1.82, 2.24) is 20.4 Å². The summed E-state index contributed by atoms with van der Waals surface area (Å²) in [4.78, 5) is 44.8. The molecule has 4 aromatic rings. The first-order chi connectivity index (χ1) is 26.2. The quantitative estimate of drug-likeness (QED) is 0.0934. The van der Waals surface area contributed by atoms with Gasteiger partial charge in [-0.15, -0.1) is 0 Å².